The lowest BCUT2D eigenvalue weighted by Gasteiger charge is -2.35. The molecule has 12 rings (SSSR count). The van der Waals surface area contributed by atoms with E-state index in [1.807, 2.05) is 56.8 Å². The van der Waals surface area contributed by atoms with E-state index in [4.69, 9.17) is 33.9 Å². The van der Waals surface area contributed by atoms with Crippen LogP contribution >= 0.6 is 0 Å². The highest BCUT2D eigenvalue weighted by Crippen LogP contribution is 2.43. The van der Waals surface area contributed by atoms with Crippen molar-refractivity contribution in [2.24, 2.45) is 11.8 Å². The fourth-order valence-corrected chi connectivity index (χ4v) is 11.4. The first kappa shape index (κ1) is 49.5. The normalized spacial score (nSPS) is 21.3. The fraction of sp³-hybridized carbons (Fsp3) is 0.509. The van der Waals surface area contributed by atoms with Crippen molar-refractivity contribution >= 4 is 55.3 Å². The smallest absolute Gasteiger partial charge is 0.241 e. The number of imidazole rings is 2. The Labute approximate surface area is 431 Å². The molecular weight excluding hydrogens is 965 g/mol. The van der Waals surface area contributed by atoms with E-state index in [0.717, 1.165) is 114 Å². The number of hydrogen-bond acceptors (Lipinski definition) is 15. The average molecular weight is 1030 g/mol. The largest absolute Gasteiger partial charge is 0.495 e. The zero-order valence-electron chi connectivity index (χ0n) is 42.8. The Hall–Kier alpha value is -6.71. The van der Waals surface area contributed by atoms with E-state index >= 15 is 0 Å². The zero-order valence-corrected chi connectivity index (χ0v) is 43.6. The van der Waals surface area contributed by atoms with Crippen molar-refractivity contribution in [2.75, 3.05) is 95.7 Å². The number of amides is 2. The van der Waals surface area contributed by atoms with E-state index < -0.39 is 10.0 Å². The van der Waals surface area contributed by atoms with Crippen LogP contribution in [0.1, 0.15) is 64.5 Å². The quantitative estimate of drug-likeness (QED) is 0.121. The highest BCUT2D eigenvalue weighted by molar-refractivity contribution is 7.88. The molecule has 0 spiro atoms. The van der Waals surface area contributed by atoms with E-state index in [9.17, 15) is 18.0 Å². The van der Waals surface area contributed by atoms with Crippen molar-refractivity contribution in [3.63, 3.8) is 0 Å². The second kappa shape index (κ2) is 20.5. The molecule has 74 heavy (non-hydrogen) atoms. The van der Waals surface area contributed by atoms with Crippen LogP contribution in [0.3, 0.4) is 0 Å². The summed E-state index contributed by atoms with van der Waals surface area (Å²) in [4.78, 5) is 47.4. The SMILES string of the molecule is COc1cc(-c2cc3ncn(C4CC4)c3c(O[C@H](C)[C@H]3CNC(=O)C3)n2)ccc1N1CCN(S(C)(=O)=O)CC1.COc1cc(-c2cc3ncn(C4CC4)c3c(O[C@H](C)[C@H]3CNC(=O)C3)n2)ccc1N1CCNCC1. The maximum Gasteiger partial charge on any atom is 0.241 e. The number of sulfonamides is 1. The number of piperazine rings is 2. The molecule has 0 radical (unpaired) electrons. The molecule has 2 saturated carbocycles. The molecule has 0 unspecified atom stereocenters. The van der Waals surface area contributed by atoms with Gasteiger partial charge in [-0.3, -0.25) is 9.59 Å². The molecule has 6 aromatic rings. The maximum atomic E-state index is 11.9. The average Bonchev–Trinajstić information content (AvgIpc) is 4.24. The topological polar surface area (TPSA) is 212 Å². The van der Waals surface area contributed by atoms with Crippen LogP contribution in [0, 0.1) is 11.8 Å². The molecule has 0 bridgehead atoms. The molecule has 20 nitrogen and oxygen atoms in total. The summed E-state index contributed by atoms with van der Waals surface area (Å²) >= 11 is 0. The molecule has 21 heteroatoms. The number of hydrogen-bond donors (Lipinski definition) is 3. The zero-order chi connectivity index (χ0) is 51.3. The van der Waals surface area contributed by atoms with Crippen molar-refractivity contribution in [2.45, 2.75) is 76.7 Å². The summed E-state index contributed by atoms with van der Waals surface area (Å²) in [7, 11) is 0.148. The second-order valence-electron chi connectivity index (χ2n) is 20.5. The molecule has 4 saturated heterocycles. The molecule has 3 N–H and O–H groups in total. The first-order valence-corrected chi connectivity index (χ1v) is 27.8. The van der Waals surface area contributed by atoms with Crippen LogP contribution in [0.2, 0.25) is 0 Å². The van der Waals surface area contributed by atoms with Crippen LogP contribution in [-0.2, 0) is 19.6 Å². The molecule has 6 fully saturated rings. The summed E-state index contributed by atoms with van der Waals surface area (Å²) in [6, 6.07) is 17.1. The number of fused-ring (bicyclic) bond motifs is 2. The lowest BCUT2D eigenvalue weighted by atomic mass is 10.0. The summed E-state index contributed by atoms with van der Waals surface area (Å²) in [5.74, 6) is 2.97. The van der Waals surface area contributed by atoms with Gasteiger partial charge < -0.3 is 53.8 Å². The molecule has 392 valence electrons. The van der Waals surface area contributed by atoms with Gasteiger partial charge in [-0.25, -0.2) is 28.4 Å². The second-order valence-corrected chi connectivity index (χ2v) is 22.5. The Bertz CT molecular complexity index is 3180. The van der Waals surface area contributed by atoms with Crippen molar-refractivity contribution in [3.8, 4) is 45.8 Å². The van der Waals surface area contributed by atoms with E-state index in [1.54, 1.807) is 14.2 Å². The lowest BCUT2D eigenvalue weighted by molar-refractivity contribution is -0.120. The summed E-state index contributed by atoms with van der Waals surface area (Å²) in [6.07, 6.45) is 10.1. The van der Waals surface area contributed by atoms with Crippen molar-refractivity contribution in [1.29, 1.82) is 0 Å². The minimum absolute atomic E-state index is 0.0512. The Morgan fingerprint density at radius 3 is 1.46 bits per heavy atom. The summed E-state index contributed by atoms with van der Waals surface area (Å²) < 4.78 is 54.2. The maximum absolute atomic E-state index is 11.9. The number of nitrogens with zero attached hydrogens (tertiary/aromatic N) is 9. The Morgan fingerprint density at radius 2 is 1.07 bits per heavy atom. The Balaban J connectivity index is 0.000000160. The molecule has 2 aliphatic carbocycles. The van der Waals surface area contributed by atoms with Gasteiger partial charge in [0.15, 0.2) is 0 Å². The minimum Gasteiger partial charge on any atom is -0.495 e. The van der Waals surface area contributed by atoms with E-state index in [1.165, 1.54) is 10.6 Å². The van der Waals surface area contributed by atoms with E-state index in [2.05, 4.69) is 58.1 Å². The number of nitrogens with one attached hydrogen (secondary N) is 3. The third-order valence-electron chi connectivity index (χ3n) is 15.3. The van der Waals surface area contributed by atoms with Crippen molar-refractivity contribution in [1.82, 2.24) is 49.3 Å². The Morgan fingerprint density at radius 1 is 0.622 bits per heavy atom. The lowest BCUT2D eigenvalue weighted by Crippen LogP contribution is -2.48. The number of carbonyl (C=O) groups excluding carboxylic acids is 2. The third-order valence-corrected chi connectivity index (χ3v) is 16.6. The van der Waals surface area contributed by atoms with Crippen molar-refractivity contribution in [3.05, 3.63) is 61.2 Å². The number of aromatic nitrogens is 6. The minimum atomic E-state index is -3.20. The molecule has 2 aromatic carbocycles. The molecule has 8 heterocycles. The highest BCUT2D eigenvalue weighted by atomic mass is 32.2. The van der Waals surface area contributed by atoms with Gasteiger partial charge in [0.25, 0.3) is 0 Å². The van der Waals surface area contributed by atoms with Gasteiger partial charge >= 0.3 is 0 Å². The predicted molar refractivity (Wildman–Crippen MR) is 282 cm³/mol. The van der Waals surface area contributed by atoms with Crippen LogP contribution in [0.4, 0.5) is 11.4 Å². The number of ether oxygens (including phenoxy) is 4. The summed E-state index contributed by atoms with van der Waals surface area (Å²) in [5.41, 5.74) is 8.86. The predicted octanol–water partition coefficient (Wildman–Crippen LogP) is 5.18. The highest BCUT2D eigenvalue weighted by Gasteiger charge is 2.34. The van der Waals surface area contributed by atoms with Crippen molar-refractivity contribution < 1.29 is 37.0 Å². The first-order valence-electron chi connectivity index (χ1n) is 26.0. The van der Waals surface area contributed by atoms with Crippen LogP contribution in [0.15, 0.2) is 61.2 Å². The summed E-state index contributed by atoms with van der Waals surface area (Å²) in [6.45, 7) is 11.1. The van der Waals surface area contributed by atoms with E-state index in [-0.39, 0.29) is 35.9 Å². The molecule has 4 aromatic heterocycles. The molecule has 2 amide bonds. The number of carbonyl (C=O) groups is 2. The van der Waals surface area contributed by atoms with Gasteiger partial charge in [0, 0.05) is 113 Å². The number of pyridine rings is 2. The summed E-state index contributed by atoms with van der Waals surface area (Å²) in [5, 5.41) is 9.20. The van der Waals surface area contributed by atoms with Gasteiger partial charge in [-0.1, -0.05) is 12.1 Å². The molecular formula is C53H66N12O8S. The number of benzene rings is 2. The fourth-order valence-electron chi connectivity index (χ4n) is 10.6. The number of rotatable bonds is 15. The van der Waals surface area contributed by atoms with Crippen LogP contribution < -0.4 is 44.7 Å². The number of methoxy groups -OCH3 is 2. The molecule has 4 atom stereocenters. The van der Waals surface area contributed by atoms with Crippen LogP contribution in [-0.4, -0.2) is 152 Å². The van der Waals surface area contributed by atoms with Gasteiger partial charge in [0.1, 0.15) is 34.7 Å². The third kappa shape index (κ3) is 10.4. The van der Waals surface area contributed by atoms with Gasteiger partial charge in [-0.05, 0) is 75.9 Å². The Kier molecular flexibility index (Phi) is 13.7. The first-order chi connectivity index (χ1) is 35.8. The molecule has 4 aliphatic heterocycles. The van der Waals surface area contributed by atoms with Gasteiger partial charge in [0.2, 0.25) is 33.6 Å². The standard InChI is InChI=1S/C27H34N6O5S.C26H32N6O3/c1-17(19-13-25(34)28-15-19)38-27-26-22(29-16-33(26)20-5-6-20)14-21(30-27)18-4-7-23(24(12-18)37-2)31-8-10-32(11-9-31)39(3,35)36;1-16(18-12-24(33)28-14-18)35-26-25-21(29-15-32(25)19-4-5-19)13-20(30-26)17-3-6-22(23(11-17)34-2)31-9-7-27-8-10-31/h4,7,12,14,16-17,19-20H,5-6,8-11,13,15H2,1-3H3,(H,28,34);3,6,11,13,15-16,18-19,27H,4-5,7-10,12,14H2,1-2H3,(H,28,33)/t17-,19-;16-,18-/m11/s1. The number of anilines is 2. The monoisotopic (exact) mass is 1030 g/mol. The van der Waals surface area contributed by atoms with E-state index in [0.29, 0.717) is 81.7 Å². The van der Waals surface area contributed by atoms with Gasteiger partial charge in [-0.15, -0.1) is 0 Å². The molecule has 6 aliphatic rings. The van der Waals surface area contributed by atoms with Crippen LogP contribution in [0.25, 0.3) is 44.6 Å². The van der Waals surface area contributed by atoms with Gasteiger partial charge in [0.05, 0.1) is 66.9 Å². The van der Waals surface area contributed by atoms with Gasteiger partial charge in [-0.2, -0.15) is 4.31 Å². The van der Waals surface area contributed by atoms with Crippen LogP contribution in [0.5, 0.6) is 23.3 Å².